The number of fused-ring (bicyclic) bond motifs is 1. The zero-order valence-electron chi connectivity index (χ0n) is 16.2. The predicted octanol–water partition coefficient (Wildman–Crippen LogP) is 5.23. The van der Waals surface area contributed by atoms with Crippen molar-refractivity contribution in [1.29, 1.82) is 0 Å². The smallest absolute Gasteiger partial charge is 0.274 e. The fraction of sp³-hybridized carbons (Fsp3) is 0.125. The average Bonchev–Trinajstić information content (AvgIpc) is 2.74. The van der Waals surface area contributed by atoms with Gasteiger partial charge in [0.2, 0.25) is 0 Å². The molecule has 0 saturated carbocycles. The monoisotopic (exact) mass is 384 g/mol. The second kappa shape index (κ2) is 7.72. The van der Waals surface area contributed by atoms with Gasteiger partial charge < -0.3 is 9.73 Å². The summed E-state index contributed by atoms with van der Waals surface area (Å²) in [6, 6.07) is 19.6. The summed E-state index contributed by atoms with van der Waals surface area (Å²) in [7, 11) is 0. The molecule has 0 unspecified atom stereocenters. The Balaban J connectivity index is 1.65. The summed E-state index contributed by atoms with van der Waals surface area (Å²) < 4.78 is 5.95. The van der Waals surface area contributed by atoms with E-state index in [-0.39, 0.29) is 11.3 Å². The molecule has 2 heterocycles. The van der Waals surface area contributed by atoms with Crippen molar-refractivity contribution in [3.05, 3.63) is 94.4 Å². The van der Waals surface area contributed by atoms with E-state index in [1.807, 2.05) is 24.3 Å². The highest BCUT2D eigenvalue weighted by atomic mass is 16.3. The van der Waals surface area contributed by atoms with Crippen molar-refractivity contribution in [1.82, 2.24) is 4.98 Å². The van der Waals surface area contributed by atoms with E-state index in [9.17, 15) is 9.59 Å². The third kappa shape index (κ3) is 3.94. The lowest BCUT2D eigenvalue weighted by molar-refractivity contribution is 0.102. The van der Waals surface area contributed by atoms with E-state index in [1.165, 1.54) is 11.6 Å². The molecule has 4 aromatic rings. The Labute approximate surface area is 168 Å². The van der Waals surface area contributed by atoms with E-state index >= 15 is 0 Å². The van der Waals surface area contributed by atoms with Gasteiger partial charge in [-0.15, -0.1) is 0 Å². The van der Waals surface area contributed by atoms with Crippen LogP contribution in [0.5, 0.6) is 0 Å². The number of amides is 1. The van der Waals surface area contributed by atoms with Crippen LogP contribution in [0, 0.1) is 0 Å². The summed E-state index contributed by atoms with van der Waals surface area (Å²) in [5.74, 6) is 0.617. The molecule has 144 valence electrons. The number of carbonyl (C=O) groups excluding carboxylic acids is 1. The zero-order chi connectivity index (χ0) is 20.4. The minimum atomic E-state index is -0.337. The fourth-order valence-corrected chi connectivity index (χ4v) is 3.10. The van der Waals surface area contributed by atoms with Crippen LogP contribution in [-0.2, 0) is 0 Å². The van der Waals surface area contributed by atoms with E-state index in [0.717, 1.165) is 5.56 Å². The van der Waals surface area contributed by atoms with Crippen LogP contribution in [-0.4, -0.2) is 10.9 Å². The molecule has 0 atom stereocenters. The van der Waals surface area contributed by atoms with Gasteiger partial charge in [0.1, 0.15) is 17.0 Å². The molecule has 1 N–H and O–H groups in total. The van der Waals surface area contributed by atoms with E-state index < -0.39 is 0 Å². The minimum absolute atomic E-state index is 0.164. The Kier molecular flexibility index (Phi) is 4.96. The van der Waals surface area contributed by atoms with E-state index in [4.69, 9.17) is 4.42 Å². The van der Waals surface area contributed by atoms with Crippen LogP contribution in [0.25, 0.3) is 22.3 Å². The molecule has 29 heavy (non-hydrogen) atoms. The lowest BCUT2D eigenvalue weighted by Crippen LogP contribution is -2.13. The molecule has 0 fully saturated rings. The fourth-order valence-electron chi connectivity index (χ4n) is 3.10. The van der Waals surface area contributed by atoms with Gasteiger partial charge in [0, 0.05) is 23.5 Å². The topological polar surface area (TPSA) is 72.2 Å². The third-order valence-electron chi connectivity index (χ3n) is 4.74. The number of anilines is 1. The second-order valence-corrected chi connectivity index (χ2v) is 7.13. The van der Waals surface area contributed by atoms with Crippen LogP contribution in [0.4, 0.5) is 5.69 Å². The third-order valence-corrected chi connectivity index (χ3v) is 4.74. The molecule has 0 bridgehead atoms. The SMILES string of the molecule is CC(C)c1ccc(-c2cc(=O)c3cc(NC(=O)c4ccccn4)ccc3o2)cc1. The number of nitrogens with zero attached hydrogens (tertiary/aromatic N) is 1. The molecule has 2 aromatic heterocycles. The number of carbonyl (C=O) groups is 1. The molecule has 2 aromatic carbocycles. The number of rotatable bonds is 4. The van der Waals surface area contributed by atoms with Crippen molar-refractivity contribution in [2.24, 2.45) is 0 Å². The van der Waals surface area contributed by atoms with E-state index in [0.29, 0.717) is 34.0 Å². The summed E-state index contributed by atoms with van der Waals surface area (Å²) in [6.45, 7) is 4.27. The lowest BCUT2D eigenvalue weighted by atomic mass is 10.0. The minimum Gasteiger partial charge on any atom is -0.456 e. The number of hydrogen-bond acceptors (Lipinski definition) is 4. The van der Waals surface area contributed by atoms with Gasteiger partial charge in [0.15, 0.2) is 5.43 Å². The van der Waals surface area contributed by atoms with Crippen LogP contribution in [0.1, 0.15) is 35.8 Å². The average molecular weight is 384 g/mol. The summed E-state index contributed by atoms with van der Waals surface area (Å²) in [5.41, 5.74) is 3.19. The summed E-state index contributed by atoms with van der Waals surface area (Å²) >= 11 is 0. The van der Waals surface area contributed by atoms with Crippen LogP contribution in [0.2, 0.25) is 0 Å². The quantitative estimate of drug-likeness (QED) is 0.523. The van der Waals surface area contributed by atoms with Gasteiger partial charge in [-0.05, 0) is 41.8 Å². The molecule has 1 amide bonds. The second-order valence-electron chi connectivity index (χ2n) is 7.13. The van der Waals surface area contributed by atoms with Gasteiger partial charge in [-0.25, -0.2) is 0 Å². The molecule has 5 heteroatoms. The first-order valence-electron chi connectivity index (χ1n) is 9.42. The predicted molar refractivity (Wildman–Crippen MR) is 114 cm³/mol. The molecule has 5 nitrogen and oxygen atoms in total. The Bertz CT molecular complexity index is 1230. The first kappa shape index (κ1) is 18.6. The summed E-state index contributed by atoms with van der Waals surface area (Å²) in [4.78, 5) is 29.0. The van der Waals surface area contributed by atoms with Crippen molar-refractivity contribution in [2.75, 3.05) is 5.32 Å². The Morgan fingerprint density at radius 2 is 1.79 bits per heavy atom. The Morgan fingerprint density at radius 1 is 1.00 bits per heavy atom. The molecule has 0 radical (unpaired) electrons. The number of nitrogens with one attached hydrogen (secondary N) is 1. The van der Waals surface area contributed by atoms with E-state index in [2.05, 4.69) is 24.1 Å². The molecule has 0 saturated heterocycles. The highest BCUT2D eigenvalue weighted by Gasteiger charge is 2.11. The van der Waals surface area contributed by atoms with Crippen molar-refractivity contribution in [3.8, 4) is 11.3 Å². The van der Waals surface area contributed by atoms with E-state index in [1.54, 1.807) is 42.6 Å². The molecule has 4 rings (SSSR count). The van der Waals surface area contributed by atoms with Gasteiger partial charge in [0.25, 0.3) is 5.91 Å². The summed E-state index contributed by atoms with van der Waals surface area (Å²) in [5, 5.41) is 3.17. The van der Waals surface area contributed by atoms with Gasteiger partial charge in [-0.2, -0.15) is 0 Å². The van der Waals surface area contributed by atoms with Gasteiger partial charge in [-0.3, -0.25) is 14.6 Å². The lowest BCUT2D eigenvalue weighted by Gasteiger charge is -2.08. The van der Waals surface area contributed by atoms with Crippen molar-refractivity contribution in [2.45, 2.75) is 19.8 Å². The molecule has 0 aliphatic rings. The maximum Gasteiger partial charge on any atom is 0.274 e. The maximum atomic E-state index is 12.7. The van der Waals surface area contributed by atoms with Crippen molar-refractivity contribution in [3.63, 3.8) is 0 Å². The normalized spacial score (nSPS) is 11.0. The maximum absolute atomic E-state index is 12.7. The van der Waals surface area contributed by atoms with Crippen molar-refractivity contribution >= 4 is 22.6 Å². The van der Waals surface area contributed by atoms with Crippen LogP contribution < -0.4 is 10.7 Å². The standard InChI is InChI=1S/C24H20N2O3/c1-15(2)16-6-8-17(9-7-16)23-14-21(27)19-13-18(10-11-22(19)29-23)26-24(28)20-5-3-4-12-25-20/h3-15H,1-2H3,(H,26,28). The molecule has 0 aliphatic heterocycles. The molecule has 0 spiro atoms. The van der Waals surface area contributed by atoms with Crippen molar-refractivity contribution < 1.29 is 9.21 Å². The number of hydrogen-bond donors (Lipinski definition) is 1. The molecule has 0 aliphatic carbocycles. The molecular formula is C24H20N2O3. The molecular weight excluding hydrogens is 364 g/mol. The number of pyridine rings is 1. The Morgan fingerprint density at radius 3 is 2.48 bits per heavy atom. The number of aromatic nitrogens is 1. The first-order chi connectivity index (χ1) is 14.0. The highest BCUT2D eigenvalue weighted by molar-refractivity contribution is 6.03. The Hall–Kier alpha value is -3.73. The number of benzene rings is 2. The highest BCUT2D eigenvalue weighted by Crippen LogP contribution is 2.25. The van der Waals surface area contributed by atoms with Crippen LogP contribution in [0.3, 0.4) is 0 Å². The van der Waals surface area contributed by atoms with Crippen LogP contribution >= 0.6 is 0 Å². The first-order valence-corrected chi connectivity index (χ1v) is 9.42. The van der Waals surface area contributed by atoms with Crippen LogP contribution in [0.15, 0.2) is 82.1 Å². The summed E-state index contributed by atoms with van der Waals surface area (Å²) in [6.07, 6.45) is 1.55. The largest absolute Gasteiger partial charge is 0.456 e. The van der Waals surface area contributed by atoms with Gasteiger partial charge >= 0.3 is 0 Å². The van der Waals surface area contributed by atoms with Gasteiger partial charge in [-0.1, -0.05) is 44.2 Å². The van der Waals surface area contributed by atoms with Gasteiger partial charge in [0.05, 0.1) is 5.39 Å². The zero-order valence-corrected chi connectivity index (χ0v) is 16.2.